The standard InChI is InChI=1S/C27H22F3N3O2S/c1-17-7-12-21-23(15-17)36-26(33-21)19-8-10-20(11-9-19)32-25(35)22(16-18-5-3-2-4-6-18)31-14-13-24(34)27(28,29)30/h2-15,22,31H,16H2,1H3,(H,32,35). The van der Waals surface area contributed by atoms with Crippen molar-refractivity contribution in [3.8, 4) is 10.6 Å². The van der Waals surface area contributed by atoms with Gasteiger partial charge in [0.1, 0.15) is 11.0 Å². The Balaban J connectivity index is 1.47. The summed E-state index contributed by atoms with van der Waals surface area (Å²) in [5.41, 5.74) is 4.31. The van der Waals surface area contributed by atoms with Crippen LogP contribution in [-0.2, 0) is 16.0 Å². The zero-order valence-corrected chi connectivity index (χ0v) is 20.0. The molecule has 1 amide bonds. The van der Waals surface area contributed by atoms with Crippen molar-refractivity contribution in [3.63, 3.8) is 0 Å². The molecule has 3 aromatic carbocycles. The number of thiazole rings is 1. The van der Waals surface area contributed by atoms with Gasteiger partial charge in [-0.15, -0.1) is 11.3 Å². The van der Waals surface area contributed by atoms with Gasteiger partial charge in [-0.2, -0.15) is 13.2 Å². The number of rotatable bonds is 8. The molecule has 0 aliphatic heterocycles. The Morgan fingerprint density at radius 1 is 1.03 bits per heavy atom. The molecule has 184 valence electrons. The van der Waals surface area contributed by atoms with Gasteiger partial charge in [0, 0.05) is 29.9 Å². The molecule has 4 rings (SSSR count). The van der Waals surface area contributed by atoms with Crippen molar-refractivity contribution in [2.75, 3.05) is 5.32 Å². The average Bonchev–Trinajstić information content (AvgIpc) is 3.27. The molecule has 0 aliphatic rings. The molecule has 0 radical (unpaired) electrons. The predicted octanol–water partition coefficient (Wildman–Crippen LogP) is 6.06. The molecule has 0 spiro atoms. The second kappa shape index (κ2) is 10.7. The second-order valence-electron chi connectivity index (χ2n) is 8.16. The highest BCUT2D eigenvalue weighted by molar-refractivity contribution is 7.21. The molecule has 0 bridgehead atoms. The minimum absolute atomic E-state index is 0.209. The Kier molecular flexibility index (Phi) is 7.49. The maximum atomic E-state index is 13.0. The van der Waals surface area contributed by atoms with Crippen LogP contribution in [0.15, 0.2) is 85.1 Å². The summed E-state index contributed by atoms with van der Waals surface area (Å²) >= 11 is 1.58. The van der Waals surface area contributed by atoms with Gasteiger partial charge in [-0.1, -0.05) is 36.4 Å². The molecule has 0 fully saturated rings. The minimum Gasteiger partial charge on any atom is -0.379 e. The van der Waals surface area contributed by atoms with Crippen molar-refractivity contribution in [1.29, 1.82) is 0 Å². The number of aromatic nitrogens is 1. The van der Waals surface area contributed by atoms with Gasteiger partial charge in [0.2, 0.25) is 5.91 Å². The van der Waals surface area contributed by atoms with Crippen LogP contribution < -0.4 is 10.6 Å². The first kappa shape index (κ1) is 25.1. The first-order valence-electron chi connectivity index (χ1n) is 11.1. The molecule has 0 saturated heterocycles. The summed E-state index contributed by atoms with van der Waals surface area (Å²) in [6.07, 6.45) is -3.53. The van der Waals surface area contributed by atoms with E-state index in [9.17, 15) is 22.8 Å². The molecule has 5 nitrogen and oxygen atoms in total. The number of halogens is 3. The summed E-state index contributed by atoms with van der Waals surface area (Å²) in [4.78, 5) is 28.8. The van der Waals surface area contributed by atoms with E-state index in [1.54, 1.807) is 47.7 Å². The Bertz CT molecular complexity index is 1400. The van der Waals surface area contributed by atoms with Gasteiger partial charge in [-0.25, -0.2) is 4.98 Å². The quantitative estimate of drug-likeness (QED) is 0.284. The number of carbonyl (C=O) groups is 2. The first-order chi connectivity index (χ1) is 17.2. The number of alkyl halides is 3. The summed E-state index contributed by atoms with van der Waals surface area (Å²) in [6, 6.07) is 21.4. The van der Waals surface area contributed by atoms with Gasteiger partial charge in [0.05, 0.1) is 10.2 Å². The zero-order valence-electron chi connectivity index (χ0n) is 19.2. The lowest BCUT2D eigenvalue weighted by atomic mass is 10.1. The van der Waals surface area contributed by atoms with Crippen LogP contribution in [-0.4, -0.2) is 28.9 Å². The van der Waals surface area contributed by atoms with Crippen LogP contribution in [0.25, 0.3) is 20.8 Å². The maximum absolute atomic E-state index is 13.0. The highest BCUT2D eigenvalue weighted by atomic mass is 32.1. The number of nitrogens with one attached hydrogen (secondary N) is 2. The van der Waals surface area contributed by atoms with E-state index in [-0.39, 0.29) is 6.42 Å². The number of amides is 1. The van der Waals surface area contributed by atoms with Crippen LogP contribution in [0.1, 0.15) is 11.1 Å². The zero-order chi connectivity index (χ0) is 25.7. The van der Waals surface area contributed by atoms with Crippen LogP contribution in [0, 0.1) is 6.92 Å². The average molecular weight is 510 g/mol. The molecule has 4 aromatic rings. The van der Waals surface area contributed by atoms with Crippen molar-refractivity contribution in [2.24, 2.45) is 0 Å². The lowest BCUT2D eigenvalue weighted by molar-refractivity contribution is -0.165. The Labute approximate surface area is 209 Å². The number of fused-ring (bicyclic) bond motifs is 1. The maximum Gasteiger partial charge on any atom is 0.454 e. The molecule has 9 heteroatoms. The number of benzene rings is 3. The lowest BCUT2D eigenvalue weighted by Gasteiger charge is -2.17. The normalized spacial score (nSPS) is 12.6. The molecule has 36 heavy (non-hydrogen) atoms. The molecule has 1 aromatic heterocycles. The first-order valence-corrected chi connectivity index (χ1v) is 11.9. The SMILES string of the molecule is Cc1ccc2nc(-c3ccc(NC(=O)C(Cc4ccccc4)NC=CC(=O)C(F)(F)F)cc3)sc2c1. The van der Waals surface area contributed by atoms with Gasteiger partial charge >= 0.3 is 6.18 Å². The topological polar surface area (TPSA) is 71.1 Å². The number of nitrogens with zero attached hydrogens (tertiary/aromatic N) is 1. The third kappa shape index (κ3) is 6.37. The monoisotopic (exact) mass is 509 g/mol. The Morgan fingerprint density at radius 2 is 1.75 bits per heavy atom. The largest absolute Gasteiger partial charge is 0.454 e. The van der Waals surface area contributed by atoms with Gasteiger partial charge < -0.3 is 10.6 Å². The van der Waals surface area contributed by atoms with Crippen LogP contribution in [0.3, 0.4) is 0 Å². The van der Waals surface area contributed by atoms with E-state index in [0.717, 1.165) is 38.1 Å². The number of carbonyl (C=O) groups excluding carboxylic acids is 2. The van der Waals surface area contributed by atoms with Crippen molar-refractivity contribution in [1.82, 2.24) is 10.3 Å². The van der Waals surface area contributed by atoms with E-state index in [4.69, 9.17) is 0 Å². The van der Waals surface area contributed by atoms with E-state index in [1.807, 2.05) is 37.3 Å². The lowest BCUT2D eigenvalue weighted by Crippen LogP contribution is -2.39. The fraction of sp³-hybridized carbons (Fsp3) is 0.148. The predicted molar refractivity (Wildman–Crippen MR) is 136 cm³/mol. The molecule has 1 unspecified atom stereocenters. The fourth-order valence-electron chi connectivity index (χ4n) is 3.49. The molecule has 1 heterocycles. The van der Waals surface area contributed by atoms with Crippen molar-refractivity contribution in [3.05, 3.63) is 96.2 Å². The van der Waals surface area contributed by atoms with E-state index < -0.39 is 23.9 Å². The van der Waals surface area contributed by atoms with Crippen molar-refractivity contribution < 1.29 is 22.8 Å². The second-order valence-corrected chi connectivity index (χ2v) is 9.19. The Morgan fingerprint density at radius 3 is 2.44 bits per heavy atom. The van der Waals surface area contributed by atoms with E-state index in [1.165, 1.54) is 0 Å². The van der Waals surface area contributed by atoms with Crippen molar-refractivity contribution in [2.45, 2.75) is 25.6 Å². The number of aryl methyl sites for hydroxylation is 1. The summed E-state index contributed by atoms with van der Waals surface area (Å²) in [5, 5.41) is 6.27. The summed E-state index contributed by atoms with van der Waals surface area (Å²) in [7, 11) is 0. The van der Waals surface area contributed by atoms with E-state index in [0.29, 0.717) is 11.8 Å². The number of anilines is 1. The van der Waals surface area contributed by atoms with Gasteiger partial charge in [-0.05, 0) is 54.4 Å². The van der Waals surface area contributed by atoms with Crippen LogP contribution in [0.2, 0.25) is 0 Å². The van der Waals surface area contributed by atoms with Gasteiger partial charge in [-0.3, -0.25) is 9.59 Å². The van der Waals surface area contributed by atoms with Crippen molar-refractivity contribution >= 4 is 38.9 Å². The molecule has 1 atom stereocenters. The molecule has 2 N–H and O–H groups in total. The summed E-state index contributed by atoms with van der Waals surface area (Å²) < 4.78 is 38.6. The van der Waals surface area contributed by atoms with Gasteiger partial charge in [0.15, 0.2) is 0 Å². The Hall–Kier alpha value is -3.98. The number of ketones is 1. The highest BCUT2D eigenvalue weighted by Gasteiger charge is 2.36. The number of hydrogen-bond donors (Lipinski definition) is 2. The van der Waals surface area contributed by atoms with Crippen LogP contribution >= 0.6 is 11.3 Å². The summed E-state index contributed by atoms with van der Waals surface area (Å²) in [5.74, 6) is -2.46. The van der Waals surface area contributed by atoms with Crippen LogP contribution in [0.4, 0.5) is 18.9 Å². The highest BCUT2D eigenvalue weighted by Crippen LogP contribution is 2.31. The van der Waals surface area contributed by atoms with E-state index in [2.05, 4.69) is 21.7 Å². The molecule has 0 aliphatic carbocycles. The molecular formula is C27H22F3N3O2S. The van der Waals surface area contributed by atoms with E-state index >= 15 is 0 Å². The molecular weight excluding hydrogens is 487 g/mol. The molecule has 0 saturated carbocycles. The van der Waals surface area contributed by atoms with Crippen LogP contribution in [0.5, 0.6) is 0 Å². The number of allylic oxidation sites excluding steroid dienone is 1. The third-order valence-corrected chi connectivity index (χ3v) is 6.42. The third-order valence-electron chi connectivity index (χ3n) is 5.35. The van der Waals surface area contributed by atoms with Gasteiger partial charge in [0.25, 0.3) is 5.78 Å². The summed E-state index contributed by atoms with van der Waals surface area (Å²) in [6.45, 7) is 2.03. The number of hydrogen-bond acceptors (Lipinski definition) is 5. The minimum atomic E-state index is -4.97. The smallest absolute Gasteiger partial charge is 0.379 e. The fourth-order valence-corrected chi connectivity index (χ4v) is 4.56.